The normalized spacial score (nSPS) is 26.1. The average Bonchev–Trinajstić information content (AvgIpc) is 2.39. The van der Waals surface area contributed by atoms with Gasteiger partial charge in [0.25, 0.3) is 0 Å². The number of hydrogen-bond acceptors (Lipinski definition) is 5. The number of methoxy groups -OCH3 is 1. The molecule has 1 aromatic heterocycles. The van der Waals surface area contributed by atoms with Crippen molar-refractivity contribution >= 4 is 11.7 Å². The third-order valence-electron chi connectivity index (χ3n) is 3.74. The van der Waals surface area contributed by atoms with Crippen LogP contribution in [0.2, 0.25) is 0 Å². The van der Waals surface area contributed by atoms with Gasteiger partial charge in [0, 0.05) is 6.07 Å². The van der Waals surface area contributed by atoms with Crippen LogP contribution in [0, 0.1) is 11.8 Å². The highest BCUT2D eigenvalue weighted by Gasteiger charge is 2.26. The van der Waals surface area contributed by atoms with E-state index >= 15 is 0 Å². The molecule has 1 heterocycles. The van der Waals surface area contributed by atoms with Gasteiger partial charge in [-0.05, 0) is 31.1 Å². The Morgan fingerprint density at radius 3 is 2.55 bits per heavy atom. The number of pyridine rings is 1. The van der Waals surface area contributed by atoms with E-state index in [2.05, 4.69) is 18.8 Å². The Hall–Kier alpha value is -1.78. The van der Waals surface area contributed by atoms with Crippen LogP contribution in [-0.4, -0.2) is 24.2 Å². The molecule has 0 amide bonds. The molecule has 0 radical (unpaired) electrons. The van der Waals surface area contributed by atoms with Crippen molar-refractivity contribution in [1.82, 2.24) is 4.98 Å². The third kappa shape index (κ3) is 3.40. The summed E-state index contributed by atoms with van der Waals surface area (Å²) in [7, 11) is 1.33. The van der Waals surface area contributed by atoms with E-state index < -0.39 is 5.97 Å². The van der Waals surface area contributed by atoms with Crippen LogP contribution >= 0.6 is 0 Å². The number of carbonyl (C=O) groups is 1. The molecule has 1 saturated carbocycles. The molecule has 2 N–H and O–H groups in total. The number of hydrogen-bond donors (Lipinski definition) is 1. The fourth-order valence-electron chi connectivity index (χ4n) is 2.94. The Balaban J connectivity index is 2.11. The number of nitrogens with two attached hydrogens (primary N) is 1. The van der Waals surface area contributed by atoms with Crippen molar-refractivity contribution in [2.45, 2.75) is 39.2 Å². The van der Waals surface area contributed by atoms with Crippen LogP contribution < -0.4 is 10.5 Å². The van der Waals surface area contributed by atoms with E-state index in [-0.39, 0.29) is 6.10 Å². The van der Waals surface area contributed by atoms with E-state index in [1.54, 1.807) is 6.07 Å². The molecule has 1 aliphatic carbocycles. The first-order valence-corrected chi connectivity index (χ1v) is 7.00. The molecule has 1 aromatic rings. The number of nitrogen functional groups attached to an aromatic ring is 1. The topological polar surface area (TPSA) is 74.4 Å². The molecular formula is C15H22N2O3. The molecule has 1 fully saturated rings. The van der Waals surface area contributed by atoms with Crippen LogP contribution in [-0.2, 0) is 4.74 Å². The first kappa shape index (κ1) is 14.6. The highest BCUT2D eigenvalue weighted by atomic mass is 16.5. The molecule has 0 spiro atoms. The molecule has 5 heteroatoms. The van der Waals surface area contributed by atoms with E-state index in [9.17, 15) is 4.79 Å². The molecule has 110 valence electrons. The van der Waals surface area contributed by atoms with Gasteiger partial charge in [-0.3, -0.25) is 0 Å². The van der Waals surface area contributed by atoms with Crippen LogP contribution in [0.3, 0.4) is 0 Å². The first-order chi connectivity index (χ1) is 9.49. The van der Waals surface area contributed by atoms with Crippen LogP contribution in [0.25, 0.3) is 0 Å². The van der Waals surface area contributed by atoms with Crippen LogP contribution in [0.4, 0.5) is 5.69 Å². The molecule has 0 aliphatic heterocycles. The Bertz CT molecular complexity index is 480. The van der Waals surface area contributed by atoms with Gasteiger partial charge in [-0.15, -0.1) is 0 Å². The van der Waals surface area contributed by atoms with E-state index in [1.165, 1.54) is 19.7 Å². The summed E-state index contributed by atoms with van der Waals surface area (Å²) in [6, 6.07) is 1.56. The highest BCUT2D eigenvalue weighted by Crippen LogP contribution is 2.31. The molecule has 0 bridgehead atoms. The SMILES string of the molecule is COC(=O)c1cc(OC2CC(C)CC(C)C2)ncc1N. The van der Waals surface area contributed by atoms with E-state index in [1.807, 2.05) is 0 Å². The average molecular weight is 278 g/mol. The van der Waals surface area contributed by atoms with Gasteiger partial charge in [0.1, 0.15) is 6.10 Å². The number of rotatable bonds is 3. The standard InChI is InChI=1S/C15H22N2O3/c1-9-4-10(2)6-11(5-9)20-14-7-12(15(18)19-3)13(16)8-17-14/h7-11H,4-6,16H2,1-3H3. The maximum Gasteiger partial charge on any atom is 0.340 e. The molecule has 2 atom stereocenters. The molecule has 5 nitrogen and oxygen atoms in total. The van der Waals surface area contributed by atoms with E-state index in [0.717, 1.165) is 12.8 Å². The summed E-state index contributed by atoms with van der Waals surface area (Å²) in [5.74, 6) is 1.27. The zero-order valence-electron chi connectivity index (χ0n) is 12.3. The van der Waals surface area contributed by atoms with Crippen LogP contribution in [0.5, 0.6) is 5.88 Å². The summed E-state index contributed by atoms with van der Waals surface area (Å²) in [5, 5.41) is 0. The van der Waals surface area contributed by atoms with Crippen molar-refractivity contribution in [1.29, 1.82) is 0 Å². The first-order valence-electron chi connectivity index (χ1n) is 7.00. The predicted octanol–water partition coefficient (Wildman–Crippen LogP) is 2.65. The number of ether oxygens (including phenoxy) is 2. The fourth-order valence-corrected chi connectivity index (χ4v) is 2.94. The second kappa shape index (κ2) is 6.11. The maximum atomic E-state index is 11.6. The van der Waals surface area contributed by atoms with Crippen molar-refractivity contribution < 1.29 is 14.3 Å². The molecule has 20 heavy (non-hydrogen) atoms. The molecule has 1 aliphatic rings. The van der Waals surface area contributed by atoms with Crippen LogP contribution in [0.15, 0.2) is 12.3 Å². The van der Waals surface area contributed by atoms with Gasteiger partial charge in [-0.2, -0.15) is 0 Å². The van der Waals surface area contributed by atoms with Crippen molar-refractivity contribution in [2.75, 3.05) is 12.8 Å². The minimum atomic E-state index is -0.472. The van der Waals surface area contributed by atoms with Crippen molar-refractivity contribution in [2.24, 2.45) is 11.8 Å². The summed E-state index contributed by atoms with van der Waals surface area (Å²) in [4.78, 5) is 15.7. The van der Waals surface area contributed by atoms with Gasteiger partial charge in [-0.1, -0.05) is 13.8 Å². The van der Waals surface area contributed by atoms with Gasteiger partial charge in [0.05, 0.1) is 24.6 Å². The maximum absolute atomic E-state index is 11.6. The molecule has 2 rings (SSSR count). The monoisotopic (exact) mass is 278 g/mol. The largest absolute Gasteiger partial charge is 0.474 e. The lowest BCUT2D eigenvalue weighted by Gasteiger charge is -2.31. The lowest BCUT2D eigenvalue weighted by atomic mass is 9.82. The van der Waals surface area contributed by atoms with E-state index in [0.29, 0.717) is 29.0 Å². The zero-order valence-corrected chi connectivity index (χ0v) is 12.3. The lowest BCUT2D eigenvalue weighted by Crippen LogP contribution is -2.28. The zero-order chi connectivity index (χ0) is 14.7. The Labute approximate surface area is 119 Å². The molecule has 0 saturated heterocycles. The van der Waals surface area contributed by atoms with Gasteiger partial charge < -0.3 is 15.2 Å². The molecule has 0 aromatic carbocycles. The van der Waals surface area contributed by atoms with Gasteiger partial charge in [-0.25, -0.2) is 9.78 Å². The molecule has 2 unspecified atom stereocenters. The van der Waals surface area contributed by atoms with E-state index in [4.69, 9.17) is 15.2 Å². The summed E-state index contributed by atoms with van der Waals surface area (Å²) in [5.41, 5.74) is 6.33. The fraction of sp³-hybridized carbons (Fsp3) is 0.600. The second-order valence-electron chi connectivity index (χ2n) is 5.76. The van der Waals surface area contributed by atoms with Crippen molar-refractivity contribution in [3.8, 4) is 5.88 Å². The Kier molecular flexibility index (Phi) is 4.47. The van der Waals surface area contributed by atoms with Crippen molar-refractivity contribution in [3.63, 3.8) is 0 Å². The highest BCUT2D eigenvalue weighted by molar-refractivity contribution is 5.95. The summed E-state index contributed by atoms with van der Waals surface area (Å²) >= 11 is 0. The Morgan fingerprint density at radius 2 is 1.95 bits per heavy atom. The number of anilines is 1. The second-order valence-corrected chi connectivity index (χ2v) is 5.76. The number of esters is 1. The lowest BCUT2D eigenvalue weighted by molar-refractivity contribution is 0.0599. The summed E-state index contributed by atoms with van der Waals surface area (Å²) in [6.45, 7) is 4.48. The van der Waals surface area contributed by atoms with Gasteiger partial charge in [0.15, 0.2) is 0 Å². The molecular weight excluding hydrogens is 256 g/mol. The predicted molar refractivity (Wildman–Crippen MR) is 76.6 cm³/mol. The van der Waals surface area contributed by atoms with Crippen LogP contribution in [0.1, 0.15) is 43.5 Å². The minimum Gasteiger partial charge on any atom is -0.474 e. The smallest absolute Gasteiger partial charge is 0.340 e. The van der Waals surface area contributed by atoms with Gasteiger partial charge in [0.2, 0.25) is 5.88 Å². The van der Waals surface area contributed by atoms with Gasteiger partial charge >= 0.3 is 5.97 Å². The number of aromatic nitrogens is 1. The minimum absolute atomic E-state index is 0.148. The van der Waals surface area contributed by atoms with Crippen molar-refractivity contribution in [3.05, 3.63) is 17.8 Å². The number of carbonyl (C=O) groups excluding carboxylic acids is 1. The quantitative estimate of drug-likeness (QED) is 0.860. The number of nitrogens with zero attached hydrogens (tertiary/aromatic N) is 1. The summed E-state index contributed by atoms with van der Waals surface area (Å²) in [6.07, 6.45) is 4.86. The third-order valence-corrected chi connectivity index (χ3v) is 3.74. The Morgan fingerprint density at radius 1 is 1.30 bits per heavy atom. The summed E-state index contributed by atoms with van der Waals surface area (Å²) < 4.78 is 10.6.